The van der Waals surface area contributed by atoms with Gasteiger partial charge in [0.25, 0.3) is 5.91 Å². The molecule has 1 fully saturated rings. The number of hydrogen-bond acceptors (Lipinski definition) is 3. The van der Waals surface area contributed by atoms with Gasteiger partial charge < -0.3 is 14.6 Å². The average Bonchev–Trinajstić information content (AvgIpc) is 3.25. The third-order valence-corrected chi connectivity index (χ3v) is 4.04. The van der Waals surface area contributed by atoms with Crippen molar-refractivity contribution in [3.8, 4) is 0 Å². The Kier molecular flexibility index (Phi) is 4.32. The molecule has 0 aliphatic carbocycles. The third-order valence-electron chi connectivity index (χ3n) is 4.04. The molecule has 1 aromatic heterocycles. The SMILES string of the molecule is COC(=O)Nc1cccc(C(=O)N2CCC[C@@H]2c2ccc[nH]2)c1. The first-order chi connectivity index (χ1) is 11.2. The van der Waals surface area contributed by atoms with Crippen LogP contribution in [0, 0.1) is 0 Å². The van der Waals surface area contributed by atoms with E-state index in [0.717, 1.165) is 25.1 Å². The molecule has 23 heavy (non-hydrogen) atoms. The molecule has 2 N–H and O–H groups in total. The van der Waals surface area contributed by atoms with Gasteiger partial charge in [0.05, 0.1) is 13.2 Å². The van der Waals surface area contributed by atoms with Crippen LogP contribution in [0.25, 0.3) is 0 Å². The fourth-order valence-corrected chi connectivity index (χ4v) is 2.95. The highest BCUT2D eigenvalue weighted by molar-refractivity contribution is 5.96. The number of carbonyl (C=O) groups is 2. The number of H-pyrrole nitrogens is 1. The van der Waals surface area contributed by atoms with Gasteiger partial charge >= 0.3 is 6.09 Å². The number of rotatable bonds is 3. The quantitative estimate of drug-likeness (QED) is 0.914. The highest BCUT2D eigenvalue weighted by Gasteiger charge is 2.31. The molecule has 6 heteroatoms. The molecule has 1 atom stereocenters. The molecule has 0 radical (unpaired) electrons. The van der Waals surface area contributed by atoms with Crippen LogP contribution in [0.4, 0.5) is 10.5 Å². The molecule has 0 unspecified atom stereocenters. The molecule has 1 aliphatic heterocycles. The van der Waals surface area contributed by atoms with E-state index in [0.29, 0.717) is 11.3 Å². The van der Waals surface area contributed by atoms with Crippen LogP contribution >= 0.6 is 0 Å². The summed E-state index contributed by atoms with van der Waals surface area (Å²) in [7, 11) is 1.30. The van der Waals surface area contributed by atoms with Crippen LogP contribution in [0.3, 0.4) is 0 Å². The lowest BCUT2D eigenvalue weighted by Crippen LogP contribution is -2.30. The number of likely N-dealkylation sites (tertiary alicyclic amines) is 1. The predicted molar refractivity (Wildman–Crippen MR) is 86.3 cm³/mol. The van der Waals surface area contributed by atoms with Crippen LogP contribution in [0.1, 0.15) is 34.9 Å². The van der Waals surface area contributed by atoms with Crippen LogP contribution in [0.15, 0.2) is 42.6 Å². The minimum absolute atomic E-state index is 0.0318. The van der Waals surface area contributed by atoms with Gasteiger partial charge in [-0.25, -0.2) is 4.79 Å². The number of aromatic amines is 1. The van der Waals surface area contributed by atoms with Gasteiger partial charge in [-0.3, -0.25) is 10.1 Å². The van der Waals surface area contributed by atoms with E-state index < -0.39 is 6.09 Å². The predicted octanol–water partition coefficient (Wildman–Crippen LogP) is 3.17. The van der Waals surface area contributed by atoms with Crippen molar-refractivity contribution in [1.29, 1.82) is 0 Å². The number of methoxy groups -OCH3 is 1. The van der Waals surface area contributed by atoms with E-state index in [9.17, 15) is 9.59 Å². The van der Waals surface area contributed by atoms with E-state index in [1.807, 2.05) is 23.2 Å². The Hall–Kier alpha value is -2.76. The summed E-state index contributed by atoms with van der Waals surface area (Å²) >= 11 is 0. The van der Waals surface area contributed by atoms with Crippen LogP contribution in [0.5, 0.6) is 0 Å². The molecule has 3 rings (SSSR count). The molecule has 2 heterocycles. The van der Waals surface area contributed by atoms with Crippen molar-refractivity contribution in [1.82, 2.24) is 9.88 Å². The second-order valence-electron chi connectivity index (χ2n) is 5.48. The van der Waals surface area contributed by atoms with Gasteiger partial charge in [0.1, 0.15) is 0 Å². The van der Waals surface area contributed by atoms with E-state index in [1.165, 1.54) is 7.11 Å². The molecule has 1 aromatic carbocycles. The molecule has 0 saturated carbocycles. The average molecular weight is 313 g/mol. The molecule has 2 aromatic rings. The lowest BCUT2D eigenvalue weighted by atomic mass is 10.1. The van der Waals surface area contributed by atoms with Gasteiger partial charge in [-0.2, -0.15) is 0 Å². The van der Waals surface area contributed by atoms with Crippen molar-refractivity contribution in [2.45, 2.75) is 18.9 Å². The van der Waals surface area contributed by atoms with Crippen molar-refractivity contribution in [3.63, 3.8) is 0 Å². The summed E-state index contributed by atoms with van der Waals surface area (Å²) in [6.07, 6.45) is 3.25. The maximum atomic E-state index is 12.8. The zero-order chi connectivity index (χ0) is 16.2. The third kappa shape index (κ3) is 3.21. The van der Waals surface area contributed by atoms with Crippen LogP contribution in [-0.2, 0) is 4.74 Å². The number of carbonyl (C=O) groups excluding carboxylic acids is 2. The van der Waals surface area contributed by atoms with Crippen molar-refractivity contribution in [2.24, 2.45) is 0 Å². The van der Waals surface area contributed by atoms with E-state index in [4.69, 9.17) is 0 Å². The number of ether oxygens (including phenoxy) is 1. The Bertz CT molecular complexity index is 697. The van der Waals surface area contributed by atoms with Crippen molar-refractivity contribution in [2.75, 3.05) is 19.0 Å². The van der Waals surface area contributed by atoms with Gasteiger partial charge in [-0.15, -0.1) is 0 Å². The minimum Gasteiger partial charge on any atom is -0.453 e. The molecule has 2 amide bonds. The first-order valence-electron chi connectivity index (χ1n) is 7.58. The first kappa shape index (κ1) is 15.1. The number of nitrogens with one attached hydrogen (secondary N) is 2. The molecule has 1 saturated heterocycles. The molecule has 1 aliphatic rings. The van der Waals surface area contributed by atoms with Crippen LogP contribution < -0.4 is 5.32 Å². The van der Waals surface area contributed by atoms with Gasteiger partial charge in [-0.05, 0) is 43.2 Å². The van der Waals surface area contributed by atoms with Crippen molar-refractivity contribution in [3.05, 3.63) is 53.9 Å². The standard InChI is InChI=1S/C17H19N3O3/c1-23-17(22)19-13-6-2-5-12(11-13)16(21)20-10-4-8-15(20)14-7-3-9-18-14/h2-3,5-7,9,11,15,18H,4,8,10H2,1H3,(H,19,22)/t15-/m1/s1. The molecular formula is C17H19N3O3. The fourth-order valence-electron chi connectivity index (χ4n) is 2.95. The highest BCUT2D eigenvalue weighted by Crippen LogP contribution is 2.32. The minimum atomic E-state index is -0.556. The number of nitrogens with zero attached hydrogens (tertiary/aromatic N) is 1. The largest absolute Gasteiger partial charge is 0.453 e. The van der Waals surface area contributed by atoms with E-state index in [-0.39, 0.29) is 11.9 Å². The smallest absolute Gasteiger partial charge is 0.411 e. The van der Waals surface area contributed by atoms with E-state index in [1.54, 1.807) is 24.3 Å². The van der Waals surface area contributed by atoms with E-state index >= 15 is 0 Å². The number of anilines is 1. The summed E-state index contributed by atoms with van der Waals surface area (Å²) in [5, 5.41) is 2.58. The van der Waals surface area contributed by atoms with Gasteiger partial charge in [0, 0.05) is 29.7 Å². The Balaban J connectivity index is 1.79. The maximum absolute atomic E-state index is 12.8. The summed E-state index contributed by atoms with van der Waals surface area (Å²) in [5.41, 5.74) is 2.15. The monoisotopic (exact) mass is 313 g/mol. The number of amides is 2. The van der Waals surface area contributed by atoms with Crippen molar-refractivity contribution < 1.29 is 14.3 Å². The highest BCUT2D eigenvalue weighted by atomic mass is 16.5. The lowest BCUT2D eigenvalue weighted by molar-refractivity contribution is 0.0733. The summed E-state index contributed by atoms with van der Waals surface area (Å²) < 4.78 is 4.57. The van der Waals surface area contributed by atoms with Crippen molar-refractivity contribution >= 4 is 17.7 Å². The second-order valence-corrected chi connectivity index (χ2v) is 5.48. The number of hydrogen-bond donors (Lipinski definition) is 2. The number of benzene rings is 1. The van der Waals surface area contributed by atoms with E-state index in [2.05, 4.69) is 15.0 Å². The van der Waals surface area contributed by atoms with Gasteiger partial charge in [0.15, 0.2) is 0 Å². The van der Waals surface area contributed by atoms with Crippen LogP contribution in [-0.4, -0.2) is 35.5 Å². The summed E-state index contributed by atoms with van der Waals surface area (Å²) in [6, 6.07) is 10.9. The lowest BCUT2D eigenvalue weighted by Gasteiger charge is -2.24. The topological polar surface area (TPSA) is 74.4 Å². The fraction of sp³-hybridized carbons (Fsp3) is 0.294. The Labute approximate surface area is 134 Å². The Morgan fingerprint density at radius 1 is 1.30 bits per heavy atom. The zero-order valence-electron chi connectivity index (χ0n) is 12.9. The normalized spacial score (nSPS) is 17.1. The zero-order valence-corrected chi connectivity index (χ0v) is 12.9. The molecule has 120 valence electrons. The Morgan fingerprint density at radius 3 is 2.91 bits per heavy atom. The molecular weight excluding hydrogens is 294 g/mol. The summed E-state index contributed by atoms with van der Waals surface area (Å²) in [6.45, 7) is 0.733. The second kappa shape index (κ2) is 6.56. The van der Waals surface area contributed by atoms with Gasteiger partial charge in [0.2, 0.25) is 0 Å². The molecule has 0 spiro atoms. The number of aromatic nitrogens is 1. The van der Waals surface area contributed by atoms with Gasteiger partial charge in [-0.1, -0.05) is 6.07 Å². The molecule has 0 bridgehead atoms. The summed E-state index contributed by atoms with van der Waals surface area (Å²) in [5.74, 6) is -0.0318. The Morgan fingerprint density at radius 2 is 2.17 bits per heavy atom. The van der Waals surface area contributed by atoms with Crippen LogP contribution in [0.2, 0.25) is 0 Å². The maximum Gasteiger partial charge on any atom is 0.411 e. The first-order valence-corrected chi connectivity index (χ1v) is 7.58. The summed E-state index contributed by atoms with van der Waals surface area (Å²) in [4.78, 5) is 29.2. The molecule has 6 nitrogen and oxygen atoms in total.